The minimum absolute atomic E-state index is 0.234. The van der Waals surface area contributed by atoms with E-state index in [1.54, 1.807) is 6.08 Å². The number of hydrogen-bond acceptors (Lipinski definition) is 11. The number of hydrogen-bond donors (Lipinski definition) is 7. The number of aliphatic hydroxyl groups excluding tert-OH is 5. The van der Waals surface area contributed by atoms with Crippen molar-refractivity contribution in [2.75, 3.05) is 13.2 Å². The molecule has 1 saturated heterocycles. The van der Waals surface area contributed by atoms with Gasteiger partial charge in [0.25, 0.3) is 0 Å². The maximum atomic E-state index is 13.0. The van der Waals surface area contributed by atoms with Gasteiger partial charge in [0, 0.05) is 0 Å². The summed E-state index contributed by atoms with van der Waals surface area (Å²) in [6.07, 6.45) is 19.7. The summed E-state index contributed by atoms with van der Waals surface area (Å²) in [4.78, 5) is 13.0. The molecule has 13 nitrogen and oxygen atoms in total. The van der Waals surface area contributed by atoms with E-state index < -0.39 is 78.5 Å². The van der Waals surface area contributed by atoms with Crippen LogP contribution in [-0.2, 0) is 28.9 Å². The van der Waals surface area contributed by atoms with Crippen LogP contribution in [0.2, 0.25) is 0 Å². The SMILES string of the molecule is CCCCC/C=C/CC/C=C/CC/C=C/C(O)C(COC1OC(CO)C(O)C(OS(=O)(=O)O)C1O)NC(=O)C(O)CCCCCCCCCCCC. The van der Waals surface area contributed by atoms with E-state index in [4.69, 9.17) is 14.0 Å². The van der Waals surface area contributed by atoms with E-state index in [1.165, 1.54) is 63.9 Å². The van der Waals surface area contributed by atoms with Crippen LogP contribution in [0, 0.1) is 0 Å². The maximum absolute atomic E-state index is 13.0. The van der Waals surface area contributed by atoms with Gasteiger partial charge < -0.3 is 40.3 Å². The van der Waals surface area contributed by atoms with Gasteiger partial charge in [-0.1, -0.05) is 127 Å². The molecule has 1 rings (SSSR count). The molecule has 0 saturated carbocycles. The Morgan fingerprint density at radius 1 is 0.769 bits per heavy atom. The highest BCUT2D eigenvalue weighted by atomic mass is 32.3. The van der Waals surface area contributed by atoms with E-state index in [1.807, 2.05) is 0 Å². The van der Waals surface area contributed by atoms with Crippen LogP contribution in [0.3, 0.4) is 0 Å². The zero-order valence-corrected chi connectivity index (χ0v) is 32.3. The second kappa shape index (κ2) is 29.6. The van der Waals surface area contributed by atoms with Gasteiger partial charge in [0.05, 0.1) is 25.4 Å². The first-order chi connectivity index (χ1) is 24.9. The molecule has 1 heterocycles. The third kappa shape index (κ3) is 22.5. The number of amides is 1. The minimum Gasteiger partial charge on any atom is -0.394 e. The lowest BCUT2D eigenvalue weighted by Crippen LogP contribution is -2.61. The highest BCUT2D eigenvalue weighted by Gasteiger charge is 2.48. The normalized spacial score (nSPS) is 23.1. The van der Waals surface area contributed by atoms with E-state index in [0.29, 0.717) is 12.8 Å². The van der Waals surface area contributed by atoms with Crippen LogP contribution >= 0.6 is 0 Å². The average Bonchev–Trinajstić information content (AvgIpc) is 3.11. The molecule has 0 aromatic carbocycles. The van der Waals surface area contributed by atoms with Crippen molar-refractivity contribution in [1.82, 2.24) is 5.32 Å². The second-order valence-electron chi connectivity index (χ2n) is 13.6. The molecule has 1 aliphatic rings. The van der Waals surface area contributed by atoms with Crippen molar-refractivity contribution in [3.05, 3.63) is 36.5 Å². The first kappa shape index (κ1) is 48.3. The predicted molar refractivity (Wildman–Crippen MR) is 201 cm³/mol. The summed E-state index contributed by atoms with van der Waals surface area (Å²) in [6, 6.07) is -1.14. The molecule has 0 aromatic heterocycles. The Bertz CT molecular complexity index is 1100. The van der Waals surface area contributed by atoms with Gasteiger partial charge in [0.1, 0.15) is 30.5 Å². The zero-order valence-electron chi connectivity index (χ0n) is 31.5. The average molecular weight is 764 g/mol. The number of nitrogens with one attached hydrogen (secondary N) is 1. The fraction of sp³-hybridized carbons (Fsp3) is 0.816. The number of unbranched alkanes of at least 4 members (excludes halogenated alkanes) is 14. The number of aliphatic hydroxyl groups is 5. The van der Waals surface area contributed by atoms with E-state index in [2.05, 4.69) is 47.7 Å². The molecule has 1 fully saturated rings. The summed E-state index contributed by atoms with van der Waals surface area (Å²) in [5.74, 6) is -0.722. The van der Waals surface area contributed by atoms with Gasteiger partial charge in [-0.2, -0.15) is 8.42 Å². The van der Waals surface area contributed by atoms with E-state index in [9.17, 15) is 38.7 Å². The third-order valence-electron chi connectivity index (χ3n) is 9.01. The fourth-order valence-corrected chi connectivity index (χ4v) is 6.35. The standard InChI is InChI=1S/C38H69NO12S/c1-3-5-7-9-11-13-15-16-17-19-20-22-24-26-31(41)30(39-37(45)32(42)27-25-23-21-18-14-12-10-8-6-4-2)29-49-38-35(44)36(51-52(46,47)48)34(43)33(28-40)50-38/h11,13,17,19,24,26,30-36,38,40-44H,3-10,12,14-16,18,20-23,25,27-29H2,1-2H3,(H,39,45)(H,46,47,48)/b13-11+,19-17+,26-24+. The molecule has 1 aliphatic heterocycles. The predicted octanol–water partition coefficient (Wildman–Crippen LogP) is 4.96. The Morgan fingerprint density at radius 3 is 1.85 bits per heavy atom. The summed E-state index contributed by atoms with van der Waals surface area (Å²) in [5, 5.41) is 54.8. The monoisotopic (exact) mass is 763 g/mol. The van der Waals surface area contributed by atoms with Crippen molar-refractivity contribution in [3.8, 4) is 0 Å². The lowest BCUT2D eigenvalue weighted by atomic mass is 9.99. The number of allylic oxidation sites excluding steroid dienone is 5. The summed E-state index contributed by atoms with van der Waals surface area (Å²) in [6.45, 7) is 3.09. The van der Waals surface area contributed by atoms with Crippen LogP contribution in [0.4, 0.5) is 0 Å². The largest absolute Gasteiger partial charge is 0.397 e. The molecule has 0 radical (unpaired) electrons. The molecular weight excluding hydrogens is 694 g/mol. The molecule has 0 aliphatic carbocycles. The molecule has 304 valence electrons. The van der Waals surface area contributed by atoms with E-state index >= 15 is 0 Å². The van der Waals surface area contributed by atoms with Gasteiger partial charge in [-0.05, 0) is 44.9 Å². The minimum atomic E-state index is -5.12. The van der Waals surface area contributed by atoms with Gasteiger partial charge >= 0.3 is 10.4 Å². The Hall–Kier alpha value is -1.72. The molecule has 7 N–H and O–H groups in total. The van der Waals surface area contributed by atoms with Gasteiger partial charge in [-0.25, -0.2) is 4.18 Å². The van der Waals surface area contributed by atoms with Crippen LogP contribution in [0.15, 0.2) is 36.5 Å². The lowest BCUT2D eigenvalue weighted by Gasteiger charge is -2.41. The first-order valence-electron chi connectivity index (χ1n) is 19.5. The van der Waals surface area contributed by atoms with Gasteiger partial charge in [0.2, 0.25) is 5.91 Å². The Labute approximate surface area is 312 Å². The molecule has 0 spiro atoms. The first-order valence-corrected chi connectivity index (χ1v) is 20.8. The Balaban J connectivity index is 2.76. The van der Waals surface area contributed by atoms with Crippen molar-refractivity contribution in [2.45, 2.75) is 185 Å². The zero-order chi connectivity index (χ0) is 38.6. The maximum Gasteiger partial charge on any atom is 0.397 e. The molecule has 8 atom stereocenters. The second-order valence-corrected chi connectivity index (χ2v) is 14.7. The highest BCUT2D eigenvalue weighted by Crippen LogP contribution is 2.26. The van der Waals surface area contributed by atoms with Gasteiger partial charge in [-0.3, -0.25) is 9.35 Å². The molecule has 0 bridgehead atoms. The van der Waals surface area contributed by atoms with Crippen LogP contribution < -0.4 is 5.32 Å². The lowest BCUT2D eigenvalue weighted by molar-refractivity contribution is -0.298. The quantitative estimate of drug-likeness (QED) is 0.0284. The van der Waals surface area contributed by atoms with Crippen molar-refractivity contribution in [2.24, 2.45) is 0 Å². The van der Waals surface area contributed by atoms with Crippen LogP contribution in [-0.4, -0.2) is 107 Å². The summed E-state index contributed by atoms with van der Waals surface area (Å²) >= 11 is 0. The molecule has 14 heteroatoms. The number of ether oxygens (including phenoxy) is 2. The summed E-state index contributed by atoms with van der Waals surface area (Å²) < 4.78 is 47.2. The summed E-state index contributed by atoms with van der Waals surface area (Å²) in [7, 11) is -5.12. The molecule has 52 heavy (non-hydrogen) atoms. The Kier molecular flexibility index (Phi) is 27.5. The van der Waals surface area contributed by atoms with Crippen LogP contribution in [0.25, 0.3) is 0 Å². The van der Waals surface area contributed by atoms with E-state index in [-0.39, 0.29) is 6.42 Å². The summed E-state index contributed by atoms with van der Waals surface area (Å²) in [5.41, 5.74) is 0. The number of carbonyl (C=O) groups is 1. The van der Waals surface area contributed by atoms with Crippen molar-refractivity contribution in [1.29, 1.82) is 0 Å². The highest BCUT2D eigenvalue weighted by molar-refractivity contribution is 7.80. The van der Waals surface area contributed by atoms with Crippen LogP contribution in [0.5, 0.6) is 0 Å². The Morgan fingerprint density at radius 2 is 1.29 bits per heavy atom. The molecule has 0 aromatic rings. The topological polar surface area (TPSA) is 212 Å². The molecule has 1 amide bonds. The molecule has 8 unspecified atom stereocenters. The van der Waals surface area contributed by atoms with E-state index in [0.717, 1.165) is 44.9 Å². The smallest absolute Gasteiger partial charge is 0.394 e. The van der Waals surface area contributed by atoms with Gasteiger partial charge in [-0.15, -0.1) is 0 Å². The van der Waals surface area contributed by atoms with Crippen molar-refractivity contribution < 1.29 is 57.0 Å². The third-order valence-corrected chi connectivity index (χ3v) is 9.47. The number of rotatable bonds is 31. The fourth-order valence-electron chi connectivity index (χ4n) is 5.84. The van der Waals surface area contributed by atoms with Crippen molar-refractivity contribution >= 4 is 16.3 Å². The van der Waals surface area contributed by atoms with Crippen LogP contribution in [0.1, 0.15) is 136 Å². The van der Waals surface area contributed by atoms with Crippen molar-refractivity contribution in [3.63, 3.8) is 0 Å². The molecular formula is C38H69NO12S. The van der Waals surface area contributed by atoms with Gasteiger partial charge in [0.15, 0.2) is 6.29 Å². The number of carbonyl (C=O) groups excluding carboxylic acids is 1.